The molecule has 3 saturated heterocycles. The molecule has 0 bridgehead atoms. The molecule has 2 N–H and O–H groups in total. The van der Waals surface area contributed by atoms with Crippen LogP contribution in [0.5, 0.6) is 0 Å². The molecule has 3 aliphatic heterocycles. The van der Waals surface area contributed by atoms with Crippen LogP contribution < -0.4 is 5.32 Å². The van der Waals surface area contributed by atoms with E-state index in [1.165, 1.54) is 0 Å². The molecule has 3 aliphatic rings. The van der Waals surface area contributed by atoms with Crippen LogP contribution in [0.15, 0.2) is 0 Å². The van der Waals surface area contributed by atoms with E-state index in [9.17, 15) is 14.7 Å². The molecule has 3 fully saturated rings. The summed E-state index contributed by atoms with van der Waals surface area (Å²) in [7, 11) is 0. The van der Waals surface area contributed by atoms with E-state index in [1.54, 1.807) is 16.7 Å². The van der Waals surface area contributed by atoms with Crippen molar-refractivity contribution in [3.63, 3.8) is 0 Å². The quantitative estimate of drug-likeness (QED) is 0.673. The van der Waals surface area contributed by atoms with Crippen molar-refractivity contribution >= 4 is 11.8 Å². The van der Waals surface area contributed by atoms with Gasteiger partial charge in [-0.2, -0.15) is 0 Å². The molecule has 0 radical (unpaired) electrons. The number of hydrogen-bond acceptors (Lipinski definition) is 4. The van der Waals surface area contributed by atoms with Gasteiger partial charge in [0.25, 0.3) is 0 Å². The first-order chi connectivity index (χ1) is 9.55. The van der Waals surface area contributed by atoms with Crippen LogP contribution in [0.4, 0.5) is 0 Å². The van der Waals surface area contributed by atoms with Gasteiger partial charge >= 0.3 is 0 Å². The zero-order chi connectivity index (χ0) is 14.3. The van der Waals surface area contributed by atoms with E-state index in [1.807, 2.05) is 0 Å². The summed E-state index contributed by atoms with van der Waals surface area (Å²) < 4.78 is 0. The van der Waals surface area contributed by atoms with Gasteiger partial charge in [0.05, 0.1) is 6.10 Å². The number of likely N-dealkylation sites (tertiary alicyclic amines) is 2. The van der Waals surface area contributed by atoms with Gasteiger partial charge in [-0.05, 0) is 39.2 Å². The van der Waals surface area contributed by atoms with Crippen molar-refractivity contribution in [2.24, 2.45) is 0 Å². The second-order valence-corrected chi connectivity index (χ2v) is 6.26. The largest absolute Gasteiger partial charge is 0.391 e. The van der Waals surface area contributed by atoms with Gasteiger partial charge in [0.2, 0.25) is 11.8 Å². The van der Waals surface area contributed by atoms with E-state index in [-0.39, 0.29) is 11.8 Å². The van der Waals surface area contributed by atoms with Crippen LogP contribution in [0.1, 0.15) is 32.6 Å². The van der Waals surface area contributed by atoms with Gasteiger partial charge in [-0.3, -0.25) is 9.59 Å². The summed E-state index contributed by atoms with van der Waals surface area (Å²) in [5.41, 5.74) is -0.446. The molecule has 2 amide bonds. The van der Waals surface area contributed by atoms with E-state index in [2.05, 4.69) is 5.32 Å². The Morgan fingerprint density at radius 1 is 1.35 bits per heavy atom. The number of β-lactam (4-membered cyclic amide) rings is 1. The van der Waals surface area contributed by atoms with E-state index >= 15 is 0 Å². The Balaban J connectivity index is 1.72. The third kappa shape index (κ3) is 2.02. The van der Waals surface area contributed by atoms with Crippen molar-refractivity contribution < 1.29 is 14.7 Å². The highest BCUT2D eigenvalue weighted by atomic mass is 16.3. The number of aliphatic hydroxyl groups excluding tert-OH is 1. The smallest absolute Gasteiger partial charge is 0.248 e. The highest BCUT2D eigenvalue weighted by molar-refractivity contribution is 5.97. The van der Waals surface area contributed by atoms with Gasteiger partial charge in [-0.25, -0.2) is 0 Å². The van der Waals surface area contributed by atoms with Crippen LogP contribution in [0.3, 0.4) is 0 Å². The van der Waals surface area contributed by atoms with Gasteiger partial charge in [-0.1, -0.05) is 0 Å². The van der Waals surface area contributed by atoms with Gasteiger partial charge in [0.1, 0.15) is 11.6 Å². The van der Waals surface area contributed by atoms with Crippen LogP contribution in [0.25, 0.3) is 0 Å². The second kappa shape index (κ2) is 5.00. The van der Waals surface area contributed by atoms with E-state index in [4.69, 9.17) is 0 Å². The molecule has 20 heavy (non-hydrogen) atoms. The minimum atomic E-state index is -0.828. The Bertz CT molecular complexity index is 412. The predicted molar refractivity (Wildman–Crippen MR) is 73.0 cm³/mol. The second-order valence-electron chi connectivity index (χ2n) is 6.26. The molecule has 6 heteroatoms. The van der Waals surface area contributed by atoms with Crippen molar-refractivity contribution in [2.75, 3.05) is 26.2 Å². The number of hydrogen-bond donors (Lipinski definition) is 2. The Morgan fingerprint density at radius 3 is 2.55 bits per heavy atom. The van der Waals surface area contributed by atoms with Crippen LogP contribution in [-0.4, -0.2) is 70.6 Å². The average molecular weight is 281 g/mol. The summed E-state index contributed by atoms with van der Waals surface area (Å²) in [5, 5.41) is 13.2. The average Bonchev–Trinajstić information content (AvgIpc) is 3.09. The maximum absolute atomic E-state index is 12.5. The molecule has 0 saturated carbocycles. The number of carbonyl (C=O) groups is 2. The van der Waals surface area contributed by atoms with Crippen LogP contribution >= 0.6 is 0 Å². The van der Waals surface area contributed by atoms with Crippen LogP contribution in [0, 0.1) is 0 Å². The molecule has 0 aliphatic carbocycles. The molecule has 3 rings (SSSR count). The van der Waals surface area contributed by atoms with E-state index in [0.717, 1.165) is 45.3 Å². The Hall–Kier alpha value is -1.14. The molecule has 0 aromatic rings. The summed E-state index contributed by atoms with van der Waals surface area (Å²) in [4.78, 5) is 28.3. The van der Waals surface area contributed by atoms with Gasteiger partial charge in [-0.15, -0.1) is 0 Å². The van der Waals surface area contributed by atoms with Crippen molar-refractivity contribution in [3.05, 3.63) is 0 Å². The minimum absolute atomic E-state index is 0.0200. The lowest BCUT2D eigenvalue weighted by molar-refractivity contribution is -0.167. The lowest BCUT2D eigenvalue weighted by atomic mass is 9.84. The van der Waals surface area contributed by atoms with Crippen LogP contribution in [-0.2, 0) is 9.59 Å². The molecule has 6 nitrogen and oxygen atoms in total. The molecular weight excluding hydrogens is 258 g/mol. The van der Waals surface area contributed by atoms with Gasteiger partial charge in [0, 0.05) is 19.6 Å². The molecule has 1 spiro atoms. The maximum Gasteiger partial charge on any atom is 0.248 e. The Labute approximate surface area is 119 Å². The number of rotatable bonds is 3. The van der Waals surface area contributed by atoms with E-state index in [0.29, 0.717) is 6.54 Å². The molecule has 0 aromatic carbocycles. The standard InChI is InChI=1S/C14H23N3O3/c1-10(18)11(12(19)16-7-2-3-8-16)17-9-14(13(17)20)5-4-6-15-14/h10-11,15,18H,2-9H2,1H3/t10-,11+,14?/m1/s1. The Morgan fingerprint density at radius 2 is 2.05 bits per heavy atom. The first kappa shape index (κ1) is 13.8. The SMILES string of the molecule is C[C@@H](O)[C@@H](C(=O)N1CCCC1)N1CC2(CCCN2)C1=O. The summed E-state index contributed by atoms with van der Waals surface area (Å²) >= 11 is 0. The highest BCUT2D eigenvalue weighted by Crippen LogP contribution is 2.34. The lowest BCUT2D eigenvalue weighted by Gasteiger charge is -2.50. The van der Waals surface area contributed by atoms with Crippen molar-refractivity contribution in [2.45, 2.75) is 50.3 Å². The Kier molecular flexibility index (Phi) is 3.46. The minimum Gasteiger partial charge on any atom is -0.391 e. The monoisotopic (exact) mass is 281 g/mol. The number of amides is 2. The maximum atomic E-state index is 12.5. The summed E-state index contributed by atoms with van der Waals surface area (Å²) in [5.74, 6) is -0.118. The fraction of sp³-hybridized carbons (Fsp3) is 0.857. The normalized spacial score (nSPS) is 32.6. The predicted octanol–water partition coefficient (Wildman–Crippen LogP) is -0.677. The van der Waals surface area contributed by atoms with Crippen molar-refractivity contribution in [3.8, 4) is 0 Å². The zero-order valence-electron chi connectivity index (χ0n) is 12.0. The molecular formula is C14H23N3O3. The summed E-state index contributed by atoms with van der Waals surface area (Å²) in [6.07, 6.45) is 3.03. The highest BCUT2D eigenvalue weighted by Gasteiger charge is 2.57. The van der Waals surface area contributed by atoms with Gasteiger partial charge in [0.15, 0.2) is 0 Å². The molecule has 0 aromatic heterocycles. The lowest BCUT2D eigenvalue weighted by Crippen LogP contribution is -2.76. The molecule has 112 valence electrons. The number of nitrogens with zero attached hydrogens (tertiary/aromatic N) is 2. The summed E-state index contributed by atoms with van der Waals surface area (Å²) in [6.45, 7) is 4.49. The first-order valence-electron chi connectivity index (χ1n) is 7.58. The van der Waals surface area contributed by atoms with Crippen molar-refractivity contribution in [1.29, 1.82) is 0 Å². The number of carbonyl (C=O) groups excluding carboxylic acids is 2. The molecule has 3 heterocycles. The third-order valence-electron chi connectivity index (χ3n) is 4.82. The first-order valence-corrected chi connectivity index (χ1v) is 7.58. The zero-order valence-corrected chi connectivity index (χ0v) is 12.0. The topological polar surface area (TPSA) is 72.9 Å². The van der Waals surface area contributed by atoms with Crippen LogP contribution in [0.2, 0.25) is 0 Å². The number of nitrogens with one attached hydrogen (secondary N) is 1. The summed E-state index contributed by atoms with van der Waals surface area (Å²) in [6, 6.07) is -0.714. The van der Waals surface area contributed by atoms with Crippen molar-refractivity contribution in [1.82, 2.24) is 15.1 Å². The fourth-order valence-electron chi connectivity index (χ4n) is 3.69. The van der Waals surface area contributed by atoms with Gasteiger partial charge < -0.3 is 20.2 Å². The number of aliphatic hydroxyl groups is 1. The molecule has 1 unspecified atom stereocenters. The molecule has 3 atom stereocenters. The third-order valence-corrected chi connectivity index (χ3v) is 4.82. The fourth-order valence-corrected chi connectivity index (χ4v) is 3.69. The van der Waals surface area contributed by atoms with E-state index < -0.39 is 17.7 Å².